The van der Waals surface area contributed by atoms with Gasteiger partial charge in [-0.1, -0.05) is 6.07 Å². The summed E-state index contributed by atoms with van der Waals surface area (Å²) in [5.74, 6) is 0.902. The molecule has 7 nitrogen and oxygen atoms in total. The molecule has 3 atom stereocenters. The average molecular weight is 404 g/mol. The van der Waals surface area contributed by atoms with Gasteiger partial charge in [-0.2, -0.15) is 0 Å². The number of aryl methyl sites for hydroxylation is 1. The number of nitrogens with one attached hydrogen (secondary N) is 1. The van der Waals surface area contributed by atoms with Crippen molar-refractivity contribution in [2.45, 2.75) is 31.8 Å². The van der Waals surface area contributed by atoms with Gasteiger partial charge in [0.1, 0.15) is 11.5 Å². The Morgan fingerprint density at radius 2 is 1.93 bits per heavy atom. The molecule has 1 saturated carbocycles. The maximum atomic E-state index is 13.5. The molecule has 8 heteroatoms. The molecule has 3 aromatic heterocycles. The summed E-state index contributed by atoms with van der Waals surface area (Å²) >= 11 is 0. The number of aromatic nitrogens is 4. The van der Waals surface area contributed by atoms with Crippen LogP contribution in [-0.2, 0) is 0 Å². The molecule has 5 rings (SSSR count). The van der Waals surface area contributed by atoms with Crippen LogP contribution in [0, 0.1) is 18.7 Å². The Morgan fingerprint density at radius 3 is 2.67 bits per heavy atom. The van der Waals surface area contributed by atoms with E-state index in [1.54, 1.807) is 18.3 Å². The fraction of sp³-hybridized carbons (Fsp3) is 0.318. The summed E-state index contributed by atoms with van der Waals surface area (Å²) in [4.78, 5) is 32.1. The quantitative estimate of drug-likeness (QED) is 0.719. The number of carbonyl (C=O) groups is 1. The van der Waals surface area contributed by atoms with Crippen LogP contribution in [0.15, 0.2) is 49.1 Å². The summed E-state index contributed by atoms with van der Waals surface area (Å²) in [6.45, 7) is 2.73. The minimum Gasteiger partial charge on any atom is -0.365 e. The zero-order valence-corrected chi connectivity index (χ0v) is 16.5. The molecule has 2 bridgehead atoms. The number of amides is 1. The molecule has 1 N–H and O–H groups in total. The van der Waals surface area contributed by atoms with E-state index in [0.717, 1.165) is 43.2 Å². The first kappa shape index (κ1) is 18.6. The maximum Gasteiger partial charge on any atom is 0.256 e. The lowest BCUT2D eigenvalue weighted by Crippen LogP contribution is -2.47. The number of nitrogens with zero attached hydrogens (tertiary/aromatic N) is 5. The Balaban J connectivity index is 1.39. The summed E-state index contributed by atoms with van der Waals surface area (Å²) in [6, 6.07) is 7.70. The number of pyridine rings is 2. The Hall–Kier alpha value is -3.42. The van der Waals surface area contributed by atoms with Crippen LogP contribution >= 0.6 is 0 Å². The standard InChI is InChI=1S/C22H21FN6O/c1-13-4-5-19(25-9-13)28-17-7-14-8-18(17)29(12-14)22(30)16-3-2-6-24-20(16)21-26-10-15(23)11-27-21/h2-6,9-11,14,17-18H,7-8,12H2,1H3,(H,25,28). The predicted molar refractivity (Wildman–Crippen MR) is 109 cm³/mol. The third-order valence-corrected chi connectivity index (χ3v) is 5.86. The van der Waals surface area contributed by atoms with Crippen molar-refractivity contribution in [1.82, 2.24) is 24.8 Å². The second-order valence-corrected chi connectivity index (χ2v) is 7.96. The number of hydrogen-bond acceptors (Lipinski definition) is 6. The SMILES string of the molecule is Cc1ccc(NC2CC3CC2N(C(=O)c2cccnc2-c2ncc(F)cn2)C3)nc1. The van der Waals surface area contributed by atoms with Crippen LogP contribution < -0.4 is 5.32 Å². The maximum absolute atomic E-state index is 13.5. The zero-order chi connectivity index (χ0) is 20.7. The Kier molecular flexibility index (Phi) is 4.61. The number of likely N-dealkylation sites (tertiary alicyclic amines) is 1. The first-order chi connectivity index (χ1) is 14.6. The second kappa shape index (κ2) is 7.44. The molecule has 0 spiro atoms. The third-order valence-electron chi connectivity index (χ3n) is 5.86. The van der Waals surface area contributed by atoms with E-state index in [1.807, 2.05) is 30.2 Å². The minimum atomic E-state index is -0.530. The Bertz CT molecular complexity index is 1070. The van der Waals surface area contributed by atoms with Gasteiger partial charge in [0.05, 0.1) is 24.0 Å². The van der Waals surface area contributed by atoms with Crippen molar-refractivity contribution in [2.24, 2.45) is 5.92 Å². The van der Waals surface area contributed by atoms with Crippen LogP contribution in [-0.4, -0.2) is 49.4 Å². The molecule has 0 aromatic carbocycles. The van der Waals surface area contributed by atoms with Gasteiger partial charge in [-0.3, -0.25) is 9.78 Å². The van der Waals surface area contributed by atoms with E-state index in [1.165, 1.54) is 0 Å². The van der Waals surface area contributed by atoms with E-state index in [2.05, 4.69) is 25.3 Å². The fourth-order valence-electron chi connectivity index (χ4n) is 4.50. The molecule has 1 aliphatic carbocycles. The van der Waals surface area contributed by atoms with Crippen molar-refractivity contribution in [3.8, 4) is 11.5 Å². The molecule has 0 radical (unpaired) electrons. The summed E-state index contributed by atoms with van der Waals surface area (Å²) in [7, 11) is 0. The fourth-order valence-corrected chi connectivity index (χ4v) is 4.50. The lowest BCUT2D eigenvalue weighted by molar-refractivity contribution is 0.0692. The second-order valence-electron chi connectivity index (χ2n) is 7.96. The molecule has 1 amide bonds. The van der Waals surface area contributed by atoms with Crippen molar-refractivity contribution in [1.29, 1.82) is 0 Å². The molecule has 152 valence electrons. The van der Waals surface area contributed by atoms with Crippen molar-refractivity contribution >= 4 is 11.7 Å². The van der Waals surface area contributed by atoms with Gasteiger partial charge in [-0.25, -0.2) is 19.3 Å². The van der Waals surface area contributed by atoms with Crippen molar-refractivity contribution in [2.75, 3.05) is 11.9 Å². The zero-order valence-electron chi connectivity index (χ0n) is 16.5. The topological polar surface area (TPSA) is 83.9 Å². The van der Waals surface area contributed by atoms with Crippen molar-refractivity contribution in [3.63, 3.8) is 0 Å². The molecule has 1 saturated heterocycles. The third kappa shape index (κ3) is 3.38. The molecule has 2 fully saturated rings. The summed E-state index contributed by atoms with van der Waals surface area (Å²) < 4.78 is 13.2. The van der Waals surface area contributed by atoms with Gasteiger partial charge in [-0.15, -0.1) is 0 Å². The first-order valence-electron chi connectivity index (χ1n) is 10.0. The number of piperidine rings is 1. The smallest absolute Gasteiger partial charge is 0.256 e. The number of hydrogen-bond donors (Lipinski definition) is 1. The van der Waals surface area contributed by atoms with Gasteiger partial charge in [0.25, 0.3) is 5.91 Å². The number of fused-ring (bicyclic) bond motifs is 2. The van der Waals surface area contributed by atoms with Crippen LogP contribution in [0.2, 0.25) is 0 Å². The minimum absolute atomic E-state index is 0.0906. The van der Waals surface area contributed by atoms with Gasteiger partial charge in [0.2, 0.25) is 0 Å². The van der Waals surface area contributed by atoms with Gasteiger partial charge in [0, 0.05) is 25.0 Å². The molecule has 3 unspecified atom stereocenters. The Morgan fingerprint density at radius 1 is 1.10 bits per heavy atom. The number of carbonyl (C=O) groups excluding carboxylic acids is 1. The predicted octanol–water partition coefficient (Wildman–Crippen LogP) is 3.10. The summed E-state index contributed by atoms with van der Waals surface area (Å²) in [5.41, 5.74) is 1.91. The van der Waals surface area contributed by atoms with E-state index in [0.29, 0.717) is 17.2 Å². The molecule has 1 aliphatic heterocycles. The Labute approximate surface area is 173 Å². The highest BCUT2D eigenvalue weighted by Gasteiger charge is 2.47. The van der Waals surface area contributed by atoms with Gasteiger partial charge >= 0.3 is 0 Å². The molecular weight excluding hydrogens is 383 g/mol. The van der Waals surface area contributed by atoms with Crippen LogP contribution in [0.5, 0.6) is 0 Å². The van der Waals surface area contributed by atoms with E-state index in [4.69, 9.17) is 0 Å². The highest BCUT2D eigenvalue weighted by atomic mass is 19.1. The van der Waals surface area contributed by atoms with Gasteiger partial charge < -0.3 is 10.2 Å². The van der Waals surface area contributed by atoms with Crippen molar-refractivity contribution < 1.29 is 9.18 Å². The lowest BCUT2D eigenvalue weighted by atomic mass is 10.0. The monoisotopic (exact) mass is 404 g/mol. The normalized spacial score (nSPS) is 22.3. The van der Waals surface area contributed by atoms with Gasteiger partial charge in [0.15, 0.2) is 11.6 Å². The summed E-state index contributed by atoms with van der Waals surface area (Å²) in [6.07, 6.45) is 7.57. The lowest BCUT2D eigenvalue weighted by Gasteiger charge is -2.34. The number of rotatable bonds is 4. The van der Waals surface area contributed by atoms with E-state index >= 15 is 0 Å². The highest BCUT2D eigenvalue weighted by molar-refractivity contribution is 5.99. The highest BCUT2D eigenvalue weighted by Crippen LogP contribution is 2.40. The van der Waals surface area contributed by atoms with Crippen LogP contribution in [0.4, 0.5) is 10.2 Å². The molecule has 2 aliphatic rings. The number of anilines is 1. The van der Waals surface area contributed by atoms with Crippen LogP contribution in [0.25, 0.3) is 11.5 Å². The number of halogens is 1. The molecule has 30 heavy (non-hydrogen) atoms. The molecule has 3 aromatic rings. The van der Waals surface area contributed by atoms with E-state index in [9.17, 15) is 9.18 Å². The van der Waals surface area contributed by atoms with E-state index in [-0.39, 0.29) is 23.8 Å². The summed E-state index contributed by atoms with van der Waals surface area (Å²) in [5, 5.41) is 3.50. The molecular formula is C22H21FN6O. The molecule has 4 heterocycles. The van der Waals surface area contributed by atoms with Crippen molar-refractivity contribution in [3.05, 3.63) is 66.0 Å². The van der Waals surface area contributed by atoms with Crippen LogP contribution in [0.1, 0.15) is 28.8 Å². The van der Waals surface area contributed by atoms with Gasteiger partial charge in [-0.05, 0) is 49.4 Å². The average Bonchev–Trinajstić information content (AvgIpc) is 3.36. The van der Waals surface area contributed by atoms with Crippen LogP contribution in [0.3, 0.4) is 0 Å². The van der Waals surface area contributed by atoms with E-state index < -0.39 is 5.82 Å². The first-order valence-corrected chi connectivity index (χ1v) is 10.0. The largest absolute Gasteiger partial charge is 0.365 e.